The van der Waals surface area contributed by atoms with Gasteiger partial charge in [-0.3, -0.25) is 0 Å². The van der Waals surface area contributed by atoms with Crippen LogP contribution in [0, 0.1) is 11.6 Å². The summed E-state index contributed by atoms with van der Waals surface area (Å²) in [4.78, 5) is 0. The van der Waals surface area contributed by atoms with Crippen molar-refractivity contribution >= 4 is 11.6 Å². The van der Waals surface area contributed by atoms with E-state index in [0.717, 1.165) is 24.1 Å². The molecule has 2 rings (SSSR count). The molecule has 0 saturated carbocycles. The molecule has 0 aromatic heterocycles. The summed E-state index contributed by atoms with van der Waals surface area (Å²) < 4.78 is 26.5. The molecule has 0 heterocycles. The first-order valence-electron chi connectivity index (χ1n) is 7.03. The molecule has 0 aliphatic carbocycles. The van der Waals surface area contributed by atoms with Gasteiger partial charge in [-0.25, -0.2) is 8.78 Å². The average molecular weight is 310 g/mol. The smallest absolute Gasteiger partial charge is 0.123 e. The highest BCUT2D eigenvalue weighted by atomic mass is 35.5. The van der Waals surface area contributed by atoms with Crippen LogP contribution in [0.4, 0.5) is 8.78 Å². The van der Waals surface area contributed by atoms with Gasteiger partial charge >= 0.3 is 0 Å². The lowest BCUT2D eigenvalue weighted by atomic mass is 9.98. The number of nitrogens with one attached hydrogen (secondary N) is 1. The Balaban J connectivity index is 2.25. The lowest BCUT2D eigenvalue weighted by Crippen LogP contribution is -2.24. The fraction of sp³-hybridized carbons (Fsp3) is 0.294. The molecule has 0 bridgehead atoms. The fourth-order valence-electron chi connectivity index (χ4n) is 2.25. The second-order valence-corrected chi connectivity index (χ2v) is 5.41. The van der Waals surface area contributed by atoms with Gasteiger partial charge in [0, 0.05) is 11.1 Å². The quantitative estimate of drug-likeness (QED) is 0.800. The zero-order valence-corrected chi connectivity index (χ0v) is 12.6. The van der Waals surface area contributed by atoms with Crippen molar-refractivity contribution in [1.82, 2.24) is 5.32 Å². The molecule has 1 N–H and O–H groups in total. The highest BCUT2D eigenvalue weighted by Crippen LogP contribution is 2.27. The minimum Gasteiger partial charge on any atom is -0.310 e. The van der Waals surface area contributed by atoms with Crippen LogP contribution < -0.4 is 5.32 Å². The van der Waals surface area contributed by atoms with E-state index in [2.05, 4.69) is 12.2 Å². The van der Waals surface area contributed by atoms with Gasteiger partial charge in [-0.1, -0.05) is 30.7 Å². The van der Waals surface area contributed by atoms with Crippen molar-refractivity contribution in [2.24, 2.45) is 0 Å². The van der Waals surface area contributed by atoms with Crippen LogP contribution in [0.3, 0.4) is 0 Å². The Morgan fingerprint density at radius 3 is 2.38 bits per heavy atom. The van der Waals surface area contributed by atoms with E-state index in [1.807, 2.05) is 0 Å². The molecule has 0 saturated heterocycles. The predicted molar refractivity (Wildman–Crippen MR) is 82.5 cm³/mol. The second kappa shape index (κ2) is 7.53. The maximum atomic E-state index is 13.5. The first-order valence-corrected chi connectivity index (χ1v) is 7.40. The van der Waals surface area contributed by atoms with Crippen molar-refractivity contribution in [3.63, 3.8) is 0 Å². The Morgan fingerprint density at radius 2 is 1.71 bits per heavy atom. The minimum absolute atomic E-state index is 0.0985. The monoisotopic (exact) mass is 309 g/mol. The van der Waals surface area contributed by atoms with Crippen LogP contribution in [0.15, 0.2) is 42.5 Å². The van der Waals surface area contributed by atoms with E-state index < -0.39 is 0 Å². The molecule has 112 valence electrons. The van der Waals surface area contributed by atoms with E-state index in [-0.39, 0.29) is 17.7 Å². The summed E-state index contributed by atoms with van der Waals surface area (Å²) in [5.74, 6) is -0.572. The molecular formula is C17H18ClF2N. The average Bonchev–Trinajstić information content (AvgIpc) is 2.48. The molecule has 0 fully saturated rings. The molecular weight excluding hydrogens is 292 g/mol. The topological polar surface area (TPSA) is 12.0 Å². The Labute approximate surface area is 128 Å². The third-order valence-electron chi connectivity index (χ3n) is 3.33. The molecule has 4 heteroatoms. The van der Waals surface area contributed by atoms with Gasteiger partial charge in [0.1, 0.15) is 11.6 Å². The predicted octanol–water partition coefficient (Wildman–Crippen LogP) is 4.90. The van der Waals surface area contributed by atoms with Crippen LogP contribution in [-0.2, 0) is 6.42 Å². The Bertz CT molecular complexity index is 584. The number of benzene rings is 2. The number of hydrogen-bond acceptors (Lipinski definition) is 1. The van der Waals surface area contributed by atoms with E-state index in [1.165, 1.54) is 24.3 Å². The van der Waals surface area contributed by atoms with Crippen LogP contribution >= 0.6 is 11.6 Å². The van der Waals surface area contributed by atoms with Crippen molar-refractivity contribution < 1.29 is 8.78 Å². The Hall–Kier alpha value is -1.45. The molecule has 1 atom stereocenters. The van der Waals surface area contributed by atoms with Crippen molar-refractivity contribution in [1.29, 1.82) is 0 Å². The summed E-state index contributed by atoms with van der Waals surface area (Å²) in [6, 6.07) is 10.6. The van der Waals surface area contributed by atoms with E-state index in [1.54, 1.807) is 18.2 Å². The van der Waals surface area contributed by atoms with E-state index in [0.29, 0.717) is 11.4 Å². The molecule has 2 aromatic rings. The lowest BCUT2D eigenvalue weighted by molar-refractivity contribution is 0.524. The molecule has 21 heavy (non-hydrogen) atoms. The van der Waals surface area contributed by atoms with Gasteiger partial charge in [0.15, 0.2) is 0 Å². The largest absolute Gasteiger partial charge is 0.310 e. The molecule has 0 radical (unpaired) electrons. The minimum atomic E-state index is -0.309. The van der Waals surface area contributed by atoms with Crippen LogP contribution in [-0.4, -0.2) is 6.54 Å². The summed E-state index contributed by atoms with van der Waals surface area (Å²) in [6.07, 6.45) is 1.59. The lowest BCUT2D eigenvalue weighted by Gasteiger charge is -2.20. The fourth-order valence-corrected chi connectivity index (χ4v) is 2.50. The Morgan fingerprint density at radius 1 is 1.05 bits per heavy atom. The van der Waals surface area contributed by atoms with Crippen molar-refractivity contribution in [3.05, 3.63) is 70.2 Å². The summed E-state index contributed by atoms with van der Waals surface area (Å²) in [6.45, 7) is 2.87. The van der Waals surface area contributed by atoms with Gasteiger partial charge in [0.25, 0.3) is 0 Å². The van der Waals surface area contributed by atoms with Gasteiger partial charge in [-0.2, -0.15) is 0 Å². The molecule has 0 aliphatic rings. The summed E-state index contributed by atoms with van der Waals surface area (Å²) >= 11 is 6.19. The van der Waals surface area contributed by atoms with Gasteiger partial charge in [-0.15, -0.1) is 0 Å². The van der Waals surface area contributed by atoms with E-state index in [4.69, 9.17) is 11.6 Å². The van der Waals surface area contributed by atoms with Gasteiger partial charge in [0.2, 0.25) is 0 Å². The van der Waals surface area contributed by atoms with E-state index in [9.17, 15) is 8.78 Å². The second-order valence-electron chi connectivity index (χ2n) is 5.00. The first-order chi connectivity index (χ1) is 10.1. The Kier molecular flexibility index (Phi) is 5.71. The van der Waals surface area contributed by atoms with Crippen molar-refractivity contribution in [2.45, 2.75) is 25.8 Å². The number of rotatable bonds is 6. The van der Waals surface area contributed by atoms with Crippen molar-refractivity contribution in [3.8, 4) is 0 Å². The summed E-state index contributed by atoms with van der Waals surface area (Å²) in [5, 5.41) is 3.91. The van der Waals surface area contributed by atoms with Gasteiger partial charge < -0.3 is 5.32 Å². The summed E-state index contributed by atoms with van der Waals surface area (Å²) in [7, 11) is 0. The van der Waals surface area contributed by atoms with Crippen LogP contribution in [0.1, 0.15) is 30.5 Å². The SMILES string of the molecule is CCCNC(Cc1ccc(F)cc1)c1cc(F)ccc1Cl. The third kappa shape index (κ3) is 4.51. The zero-order chi connectivity index (χ0) is 15.2. The molecule has 1 nitrogen and oxygen atoms in total. The van der Waals surface area contributed by atoms with Crippen LogP contribution in [0.5, 0.6) is 0 Å². The summed E-state index contributed by atoms with van der Waals surface area (Å²) in [5.41, 5.74) is 1.71. The number of halogens is 3. The maximum absolute atomic E-state index is 13.5. The van der Waals surface area contributed by atoms with Gasteiger partial charge in [0.05, 0.1) is 0 Å². The molecule has 0 spiro atoms. The van der Waals surface area contributed by atoms with Crippen LogP contribution in [0.2, 0.25) is 5.02 Å². The molecule has 0 aliphatic heterocycles. The molecule has 1 unspecified atom stereocenters. The van der Waals surface area contributed by atoms with E-state index >= 15 is 0 Å². The van der Waals surface area contributed by atoms with Crippen molar-refractivity contribution in [2.75, 3.05) is 6.54 Å². The normalized spacial score (nSPS) is 12.4. The first kappa shape index (κ1) is 15.9. The molecule has 0 amide bonds. The van der Waals surface area contributed by atoms with Gasteiger partial charge in [-0.05, 0) is 60.8 Å². The van der Waals surface area contributed by atoms with Crippen LogP contribution in [0.25, 0.3) is 0 Å². The number of hydrogen-bond donors (Lipinski definition) is 1. The zero-order valence-electron chi connectivity index (χ0n) is 11.9. The molecule has 2 aromatic carbocycles. The standard InChI is InChI=1S/C17H18ClF2N/c1-2-9-21-17(10-12-3-5-13(19)6-4-12)15-11-14(20)7-8-16(15)18/h3-8,11,17,21H,2,9-10H2,1H3. The third-order valence-corrected chi connectivity index (χ3v) is 3.67. The highest BCUT2D eigenvalue weighted by molar-refractivity contribution is 6.31. The highest BCUT2D eigenvalue weighted by Gasteiger charge is 2.15. The maximum Gasteiger partial charge on any atom is 0.123 e.